The van der Waals surface area contributed by atoms with Gasteiger partial charge in [0, 0.05) is 48.2 Å². The van der Waals surface area contributed by atoms with Gasteiger partial charge in [0.05, 0.1) is 12.0 Å². The van der Waals surface area contributed by atoms with E-state index in [1.54, 1.807) is 19.2 Å². The maximum absolute atomic E-state index is 16.2. The highest BCUT2D eigenvalue weighted by Gasteiger charge is 2.23. The molecule has 8 nitrogen and oxygen atoms in total. The third-order valence-electron chi connectivity index (χ3n) is 5.77. The molecule has 0 aliphatic carbocycles. The zero-order valence-corrected chi connectivity index (χ0v) is 20.9. The van der Waals surface area contributed by atoms with Gasteiger partial charge in [-0.05, 0) is 25.1 Å². The average molecular weight is 512 g/mol. The Bertz CT molecular complexity index is 1420. The van der Waals surface area contributed by atoms with Crippen LogP contribution >= 0.6 is 11.6 Å². The van der Waals surface area contributed by atoms with Gasteiger partial charge in [-0.2, -0.15) is 9.97 Å². The first-order valence-electron chi connectivity index (χ1n) is 11.7. The Morgan fingerprint density at radius 2 is 2.08 bits per heavy atom. The summed E-state index contributed by atoms with van der Waals surface area (Å²) in [4.78, 5) is 27.1. The molecular formula is C26H27ClFN5O3. The molecule has 1 N–H and O–H groups in total. The molecule has 0 radical (unpaired) electrons. The minimum Gasteiger partial charge on any atom is -0.463 e. The lowest BCUT2D eigenvalue weighted by atomic mass is 10.0. The number of rotatable bonds is 7. The largest absolute Gasteiger partial charge is 0.463 e. The monoisotopic (exact) mass is 511 g/mol. The van der Waals surface area contributed by atoms with Crippen molar-refractivity contribution in [3.05, 3.63) is 64.0 Å². The molecule has 1 saturated heterocycles. The summed E-state index contributed by atoms with van der Waals surface area (Å²) in [5.41, 5.74) is 0.509. The van der Waals surface area contributed by atoms with E-state index in [1.165, 1.54) is 6.08 Å². The molecule has 2 aromatic heterocycles. The van der Waals surface area contributed by atoms with Gasteiger partial charge in [0.15, 0.2) is 12.4 Å². The first kappa shape index (κ1) is 25.5. The molecule has 1 aliphatic heterocycles. The lowest BCUT2D eigenvalue weighted by Gasteiger charge is -2.29. The fourth-order valence-electron chi connectivity index (χ4n) is 4.10. The van der Waals surface area contributed by atoms with Crippen molar-refractivity contribution in [3.63, 3.8) is 0 Å². The molecule has 0 atom stereocenters. The van der Waals surface area contributed by atoms with Gasteiger partial charge < -0.3 is 19.7 Å². The van der Waals surface area contributed by atoms with Crippen LogP contribution in [0.2, 0.25) is 5.02 Å². The van der Waals surface area contributed by atoms with Crippen molar-refractivity contribution in [2.24, 2.45) is 0 Å². The summed E-state index contributed by atoms with van der Waals surface area (Å²) in [6, 6.07) is 5.32. The van der Waals surface area contributed by atoms with E-state index in [9.17, 15) is 4.79 Å². The zero-order chi connectivity index (χ0) is 25.7. The van der Waals surface area contributed by atoms with Crippen molar-refractivity contribution in [2.75, 3.05) is 44.3 Å². The molecule has 0 bridgehead atoms. The summed E-state index contributed by atoms with van der Waals surface area (Å²) in [7, 11) is 0. The van der Waals surface area contributed by atoms with Gasteiger partial charge in [0.1, 0.15) is 17.0 Å². The van der Waals surface area contributed by atoms with E-state index >= 15 is 4.39 Å². The van der Waals surface area contributed by atoms with Crippen molar-refractivity contribution in [3.8, 4) is 6.01 Å². The number of ether oxygens (including phenoxy) is 2. The van der Waals surface area contributed by atoms with Crippen LogP contribution in [0.3, 0.4) is 0 Å². The normalized spacial score (nSPS) is 15.1. The number of nitrogens with zero attached hydrogens (tertiary/aromatic N) is 4. The molecular weight excluding hydrogens is 485 g/mol. The Hall–Kier alpha value is -3.56. The summed E-state index contributed by atoms with van der Waals surface area (Å²) < 4.78 is 26.6. The predicted molar refractivity (Wildman–Crippen MR) is 138 cm³/mol. The first-order chi connectivity index (χ1) is 17.5. The number of anilines is 1. The van der Waals surface area contributed by atoms with E-state index in [-0.39, 0.29) is 30.4 Å². The highest BCUT2D eigenvalue weighted by molar-refractivity contribution is 6.30. The third-order valence-corrected chi connectivity index (χ3v) is 6.08. The maximum Gasteiger partial charge on any atom is 0.344 e. The van der Waals surface area contributed by atoms with Crippen LogP contribution in [-0.4, -0.2) is 60.3 Å². The number of hydrogen-bond donors (Lipinski definition) is 1. The van der Waals surface area contributed by atoms with E-state index < -0.39 is 11.8 Å². The topological polar surface area (TPSA) is 89.5 Å². The van der Waals surface area contributed by atoms with Crippen LogP contribution in [0.25, 0.3) is 22.6 Å². The molecule has 0 unspecified atom stereocenters. The molecule has 1 aromatic carbocycles. The number of carbonyl (C=O) groups is 1. The van der Waals surface area contributed by atoms with Gasteiger partial charge in [0.2, 0.25) is 0 Å². The second-order valence-corrected chi connectivity index (χ2v) is 8.36. The predicted octanol–water partition coefficient (Wildman–Crippen LogP) is 2.35. The molecule has 4 rings (SSSR count). The number of halogens is 2. The fraction of sp³-hybridized carbons (Fsp3) is 0.308. The third kappa shape index (κ3) is 5.17. The minimum atomic E-state index is -0.663. The van der Waals surface area contributed by atoms with Gasteiger partial charge in [0.25, 0.3) is 0 Å². The van der Waals surface area contributed by atoms with E-state index in [1.807, 2.05) is 30.0 Å². The summed E-state index contributed by atoms with van der Waals surface area (Å²) in [6.45, 7) is 10.1. The Morgan fingerprint density at radius 1 is 1.31 bits per heavy atom. The van der Waals surface area contributed by atoms with Crippen molar-refractivity contribution in [1.29, 1.82) is 0 Å². The lowest BCUT2D eigenvalue weighted by molar-refractivity contribution is -0.145. The summed E-state index contributed by atoms with van der Waals surface area (Å²) in [5.74, 6) is -0.743. The number of allylic oxidation sites excluding steroid dienone is 1. The second-order valence-electron chi connectivity index (χ2n) is 7.95. The molecule has 3 aromatic rings. The van der Waals surface area contributed by atoms with Crippen LogP contribution in [-0.2, 0) is 9.53 Å². The second kappa shape index (κ2) is 11.5. The summed E-state index contributed by atoms with van der Waals surface area (Å²) in [6.07, 6.45) is 4.97. The number of pyridine rings is 1. The van der Waals surface area contributed by atoms with Crippen LogP contribution in [0.4, 0.5) is 10.2 Å². The van der Waals surface area contributed by atoms with Gasteiger partial charge in [-0.3, -0.25) is 4.98 Å². The van der Waals surface area contributed by atoms with Gasteiger partial charge >= 0.3 is 12.0 Å². The number of aromatic nitrogens is 3. The number of carbonyl (C=O) groups excluding carboxylic acids is 1. The number of hydrogen-bond acceptors (Lipinski definition) is 8. The first-order valence-corrected chi connectivity index (χ1v) is 12.0. The molecule has 0 amide bonds. The Balaban J connectivity index is 1.94. The van der Waals surface area contributed by atoms with Crippen molar-refractivity contribution in [2.45, 2.75) is 13.8 Å². The number of benzene rings is 1. The highest BCUT2D eigenvalue weighted by Crippen LogP contribution is 2.30. The molecule has 0 saturated carbocycles. The molecule has 1 aliphatic rings. The molecule has 1 fully saturated rings. The highest BCUT2D eigenvalue weighted by atomic mass is 35.5. The van der Waals surface area contributed by atoms with Gasteiger partial charge in [-0.25, -0.2) is 9.18 Å². The van der Waals surface area contributed by atoms with Crippen molar-refractivity contribution in [1.82, 2.24) is 20.3 Å². The van der Waals surface area contributed by atoms with Crippen molar-refractivity contribution < 1.29 is 18.7 Å². The quantitative estimate of drug-likeness (QED) is 0.484. The number of nitrogens with one attached hydrogen (secondary N) is 1. The van der Waals surface area contributed by atoms with Gasteiger partial charge in [-0.15, -0.1) is 0 Å². The Kier molecular flexibility index (Phi) is 8.12. The Labute approximate surface area is 213 Å². The number of fused-ring (bicyclic) bond motifs is 1. The van der Waals surface area contributed by atoms with Crippen LogP contribution < -0.4 is 25.4 Å². The summed E-state index contributed by atoms with van der Waals surface area (Å²) in [5, 5.41) is 5.61. The van der Waals surface area contributed by atoms with Crippen molar-refractivity contribution >= 4 is 45.9 Å². The van der Waals surface area contributed by atoms with E-state index in [2.05, 4.69) is 26.8 Å². The molecule has 10 heteroatoms. The maximum atomic E-state index is 16.2. The summed E-state index contributed by atoms with van der Waals surface area (Å²) >= 11 is 6.51. The van der Waals surface area contributed by atoms with E-state index in [0.29, 0.717) is 40.1 Å². The molecule has 0 spiro atoms. The SMILES string of the molecule is C=C/C(c1ncc2c(N3CCNCC3)nc(OCC(=O)OCC)nc2c1F)=c1/c(Cl)ccc/c1=C/C. The average Bonchev–Trinajstić information content (AvgIpc) is 2.90. The van der Waals surface area contributed by atoms with Crippen LogP contribution in [0.5, 0.6) is 6.01 Å². The minimum absolute atomic E-state index is 0.0239. The van der Waals surface area contributed by atoms with Gasteiger partial charge in [-0.1, -0.05) is 42.5 Å². The standard InChI is InChI=1S/C26H27ClFN5O3/c1-4-16-8-7-9-19(27)21(16)17(5-2)23-22(28)24-18(14-30-23)25(33-12-10-29-11-13-33)32-26(31-24)36-15-20(34)35-6-3/h4-5,7-9,14,29H,2,6,10-13,15H2,1,3H3/b16-4-,21-17-. The Morgan fingerprint density at radius 3 is 2.78 bits per heavy atom. The van der Waals surface area contributed by atoms with E-state index in [4.69, 9.17) is 21.1 Å². The van der Waals surface area contributed by atoms with Crippen LogP contribution in [0.15, 0.2) is 37.1 Å². The smallest absolute Gasteiger partial charge is 0.344 e. The van der Waals surface area contributed by atoms with Crippen LogP contribution in [0, 0.1) is 5.82 Å². The van der Waals surface area contributed by atoms with E-state index in [0.717, 1.165) is 18.3 Å². The molecule has 36 heavy (non-hydrogen) atoms. The number of esters is 1. The number of piperazine rings is 1. The fourth-order valence-corrected chi connectivity index (χ4v) is 4.38. The molecule has 188 valence electrons. The zero-order valence-electron chi connectivity index (χ0n) is 20.2. The lowest BCUT2D eigenvalue weighted by Crippen LogP contribution is -2.44. The van der Waals surface area contributed by atoms with Crippen LogP contribution in [0.1, 0.15) is 19.5 Å². The molecule has 3 heterocycles.